The summed E-state index contributed by atoms with van der Waals surface area (Å²) in [6.45, 7) is 5.48. The van der Waals surface area contributed by atoms with Crippen molar-refractivity contribution in [3.63, 3.8) is 0 Å². The molecule has 2 N–H and O–H groups in total. The molecule has 0 saturated heterocycles. The van der Waals surface area contributed by atoms with Gasteiger partial charge in [0.15, 0.2) is 0 Å². The molecule has 0 aliphatic heterocycles. The molecule has 0 unspecified atom stereocenters. The average molecular weight is 176 g/mol. The zero-order valence-electron chi connectivity index (χ0n) is 7.50. The van der Waals surface area contributed by atoms with E-state index in [4.69, 9.17) is 0 Å². The Hall–Kier alpha value is -1.77. The molecule has 1 rings (SSSR count). The molecule has 0 saturated carbocycles. The lowest BCUT2D eigenvalue weighted by Crippen LogP contribution is -2.23. The van der Waals surface area contributed by atoms with Crippen LogP contribution in [0.5, 0.6) is 0 Å². The summed E-state index contributed by atoms with van der Waals surface area (Å²) in [6.07, 6.45) is 8.95. The van der Waals surface area contributed by atoms with E-state index in [0.717, 1.165) is 10.7 Å². The molecule has 0 amide bonds. The summed E-state index contributed by atoms with van der Waals surface area (Å²) in [7, 11) is 0. The van der Waals surface area contributed by atoms with Gasteiger partial charge in [0.2, 0.25) is 0 Å². The number of aromatic nitrogens is 2. The Kier molecular flexibility index (Phi) is 3.09. The molecule has 0 aliphatic rings. The van der Waals surface area contributed by atoms with Crippen molar-refractivity contribution < 1.29 is 0 Å². The second-order valence-corrected chi connectivity index (χ2v) is 2.50. The number of hydrogen-bond donors (Lipinski definition) is 2. The number of allylic oxidation sites excluding steroid dienone is 3. The van der Waals surface area contributed by atoms with E-state index in [1.165, 1.54) is 0 Å². The number of hydrogen-bond acceptors (Lipinski definition) is 1. The van der Waals surface area contributed by atoms with Crippen LogP contribution in [0.1, 0.15) is 6.92 Å². The smallest absolute Gasteiger partial charge is 0.306 e. The molecule has 0 bridgehead atoms. The lowest BCUT2D eigenvalue weighted by Gasteiger charge is -1.75. The van der Waals surface area contributed by atoms with Crippen LogP contribution in [0.2, 0.25) is 0 Å². The Bertz CT molecular complexity index is 474. The third-order valence-corrected chi connectivity index (χ3v) is 1.53. The lowest BCUT2D eigenvalue weighted by molar-refractivity contribution is 1.17. The number of H-pyrrole nitrogens is 2. The topological polar surface area (TPSA) is 48.6 Å². The quantitative estimate of drug-likeness (QED) is 0.656. The van der Waals surface area contributed by atoms with Crippen molar-refractivity contribution in [2.75, 3.05) is 0 Å². The summed E-state index contributed by atoms with van der Waals surface area (Å²) in [4.78, 5) is 16.3. The maximum Gasteiger partial charge on any atom is 0.323 e. The Morgan fingerprint density at radius 1 is 1.23 bits per heavy atom. The van der Waals surface area contributed by atoms with E-state index in [-0.39, 0.29) is 5.69 Å². The van der Waals surface area contributed by atoms with Crippen molar-refractivity contribution in [1.82, 2.24) is 9.97 Å². The van der Waals surface area contributed by atoms with Gasteiger partial charge in [-0.25, -0.2) is 4.79 Å². The second-order valence-electron chi connectivity index (χ2n) is 2.50. The van der Waals surface area contributed by atoms with E-state index in [2.05, 4.69) is 16.5 Å². The van der Waals surface area contributed by atoms with Crippen LogP contribution in [0.4, 0.5) is 0 Å². The second kappa shape index (κ2) is 4.30. The molecule has 0 radical (unpaired) electrons. The van der Waals surface area contributed by atoms with Crippen LogP contribution < -0.4 is 16.4 Å². The van der Waals surface area contributed by atoms with Crippen molar-refractivity contribution in [3.05, 3.63) is 46.0 Å². The van der Waals surface area contributed by atoms with E-state index in [1.807, 2.05) is 25.2 Å². The van der Waals surface area contributed by atoms with Gasteiger partial charge in [0, 0.05) is 0 Å². The third-order valence-electron chi connectivity index (χ3n) is 1.53. The van der Waals surface area contributed by atoms with Gasteiger partial charge in [0.25, 0.3) is 0 Å². The Balaban J connectivity index is 3.44. The van der Waals surface area contributed by atoms with E-state index in [0.29, 0.717) is 0 Å². The van der Waals surface area contributed by atoms with Gasteiger partial charge in [-0.05, 0) is 19.1 Å². The standard InChI is InChI=1S/C10H12N2O/c1-3-5-7-9-8(6-4-2)11-10(13)12-9/h3-7H,2H2,1H3,(H2,11,12,13)/b5-3-,8-6+,9-7+. The van der Waals surface area contributed by atoms with Gasteiger partial charge >= 0.3 is 5.69 Å². The Morgan fingerprint density at radius 2 is 1.85 bits per heavy atom. The van der Waals surface area contributed by atoms with Gasteiger partial charge in [-0.2, -0.15) is 0 Å². The van der Waals surface area contributed by atoms with Gasteiger partial charge in [0.1, 0.15) is 0 Å². The zero-order chi connectivity index (χ0) is 9.68. The van der Waals surface area contributed by atoms with Crippen molar-refractivity contribution >= 4 is 12.2 Å². The number of nitrogens with one attached hydrogen (secondary N) is 2. The Labute approximate surface area is 75.8 Å². The first-order chi connectivity index (χ1) is 6.27. The highest BCUT2D eigenvalue weighted by atomic mass is 16.1. The third kappa shape index (κ3) is 2.33. The van der Waals surface area contributed by atoms with Crippen LogP contribution in [0.25, 0.3) is 12.2 Å². The molecule has 1 heterocycles. The predicted octanol–water partition coefficient (Wildman–Crippen LogP) is 0.0261. The molecule has 68 valence electrons. The van der Waals surface area contributed by atoms with Crippen LogP contribution in [0, 0.1) is 0 Å². The molecule has 3 nitrogen and oxygen atoms in total. The SMILES string of the molecule is C=C/C=c1/[nH]c(=O)[nH]/c1=C/C=C\C. The highest BCUT2D eigenvalue weighted by Gasteiger charge is 1.87. The molecule has 0 atom stereocenters. The number of rotatable bonds is 2. The minimum Gasteiger partial charge on any atom is -0.306 e. The molecule has 0 fully saturated rings. The predicted molar refractivity (Wildman–Crippen MR) is 54.6 cm³/mol. The minimum atomic E-state index is -0.205. The molecule has 1 aromatic heterocycles. The fourth-order valence-electron chi connectivity index (χ4n) is 0.984. The van der Waals surface area contributed by atoms with Gasteiger partial charge in [0.05, 0.1) is 10.7 Å². The summed E-state index contributed by atoms with van der Waals surface area (Å²) >= 11 is 0. The summed E-state index contributed by atoms with van der Waals surface area (Å²) in [5.41, 5.74) is -0.205. The van der Waals surface area contributed by atoms with Crippen molar-refractivity contribution in [3.8, 4) is 0 Å². The van der Waals surface area contributed by atoms with Crippen LogP contribution in [0.15, 0.2) is 29.6 Å². The molecule has 0 spiro atoms. The number of aromatic amines is 2. The summed E-state index contributed by atoms with van der Waals surface area (Å²) in [6, 6.07) is 0. The summed E-state index contributed by atoms with van der Waals surface area (Å²) in [5.74, 6) is 0. The normalized spacial score (nSPS) is 14.2. The molecule has 0 aliphatic carbocycles. The van der Waals surface area contributed by atoms with Crippen molar-refractivity contribution in [1.29, 1.82) is 0 Å². The van der Waals surface area contributed by atoms with Gasteiger partial charge in [-0.15, -0.1) is 0 Å². The zero-order valence-corrected chi connectivity index (χ0v) is 7.50. The molecule has 0 aromatic carbocycles. The van der Waals surface area contributed by atoms with E-state index in [1.54, 1.807) is 12.2 Å². The van der Waals surface area contributed by atoms with Crippen molar-refractivity contribution in [2.24, 2.45) is 0 Å². The molecule has 1 aromatic rings. The first-order valence-electron chi connectivity index (χ1n) is 4.02. The largest absolute Gasteiger partial charge is 0.323 e. The fraction of sp³-hybridized carbons (Fsp3) is 0.100. The molecular weight excluding hydrogens is 164 g/mol. The van der Waals surface area contributed by atoms with Gasteiger partial charge in [-0.1, -0.05) is 24.8 Å². The maximum atomic E-state index is 10.9. The van der Waals surface area contributed by atoms with Crippen LogP contribution in [0.3, 0.4) is 0 Å². The highest BCUT2D eigenvalue weighted by Crippen LogP contribution is 1.68. The fourth-order valence-corrected chi connectivity index (χ4v) is 0.984. The van der Waals surface area contributed by atoms with E-state index in [9.17, 15) is 4.79 Å². The van der Waals surface area contributed by atoms with Gasteiger partial charge in [-0.3, -0.25) is 0 Å². The first kappa shape index (κ1) is 9.32. The molecular formula is C10H12N2O. The molecule has 3 heteroatoms. The minimum absolute atomic E-state index is 0.205. The maximum absolute atomic E-state index is 10.9. The van der Waals surface area contributed by atoms with Crippen LogP contribution in [-0.4, -0.2) is 9.97 Å². The van der Waals surface area contributed by atoms with Crippen LogP contribution in [-0.2, 0) is 0 Å². The lowest BCUT2D eigenvalue weighted by atomic mass is 10.4. The number of imidazole rings is 1. The monoisotopic (exact) mass is 176 g/mol. The van der Waals surface area contributed by atoms with Gasteiger partial charge < -0.3 is 9.97 Å². The Morgan fingerprint density at radius 3 is 2.38 bits per heavy atom. The van der Waals surface area contributed by atoms with E-state index >= 15 is 0 Å². The van der Waals surface area contributed by atoms with Crippen molar-refractivity contribution in [2.45, 2.75) is 6.92 Å². The highest BCUT2D eigenvalue weighted by molar-refractivity contribution is 5.38. The first-order valence-corrected chi connectivity index (χ1v) is 4.02. The summed E-state index contributed by atoms with van der Waals surface area (Å²) in [5, 5.41) is 1.51. The summed E-state index contributed by atoms with van der Waals surface area (Å²) < 4.78 is 0. The average Bonchev–Trinajstić information content (AvgIpc) is 2.44. The van der Waals surface area contributed by atoms with E-state index < -0.39 is 0 Å². The molecule has 13 heavy (non-hydrogen) atoms. The van der Waals surface area contributed by atoms with Crippen LogP contribution >= 0.6 is 0 Å².